The van der Waals surface area contributed by atoms with E-state index in [1.165, 1.54) is 31.5 Å². The van der Waals surface area contributed by atoms with Crippen molar-refractivity contribution in [3.05, 3.63) is 57.8 Å². The summed E-state index contributed by atoms with van der Waals surface area (Å²) in [5.74, 6) is 0.172. The highest BCUT2D eigenvalue weighted by molar-refractivity contribution is 5.93. The van der Waals surface area contributed by atoms with Crippen molar-refractivity contribution >= 4 is 12.1 Å². The number of rotatable bonds is 10. The Morgan fingerprint density at radius 2 is 2.04 bits per heavy atom. The zero-order valence-electron chi connectivity index (χ0n) is 15.8. The van der Waals surface area contributed by atoms with Gasteiger partial charge in [-0.2, -0.15) is 10.1 Å². The quantitative estimate of drug-likeness (QED) is 0.381. The predicted molar refractivity (Wildman–Crippen MR) is 105 cm³/mol. The first-order chi connectivity index (χ1) is 13.1. The Bertz CT molecular complexity index is 830. The number of aryl methyl sites for hydroxylation is 1. The smallest absolute Gasteiger partial charge is 0.345 e. The molecule has 0 spiro atoms. The number of benzene rings is 1. The highest BCUT2D eigenvalue weighted by Gasteiger charge is 2.08. The van der Waals surface area contributed by atoms with Gasteiger partial charge in [0.1, 0.15) is 11.4 Å². The topological polar surface area (TPSA) is 96.4 Å². The van der Waals surface area contributed by atoms with E-state index < -0.39 is 11.6 Å². The van der Waals surface area contributed by atoms with E-state index in [1.807, 2.05) is 24.3 Å². The number of aromatic nitrogens is 2. The Morgan fingerprint density at radius 3 is 2.81 bits per heavy atom. The van der Waals surface area contributed by atoms with Crippen molar-refractivity contribution < 1.29 is 9.53 Å². The summed E-state index contributed by atoms with van der Waals surface area (Å²) in [7, 11) is 0. The van der Waals surface area contributed by atoms with E-state index in [0.29, 0.717) is 12.3 Å². The zero-order chi connectivity index (χ0) is 19.5. The number of nitrogens with zero attached hydrogens (tertiary/aromatic N) is 2. The van der Waals surface area contributed by atoms with Gasteiger partial charge < -0.3 is 9.72 Å². The number of hydrazone groups is 1. The van der Waals surface area contributed by atoms with E-state index in [-0.39, 0.29) is 5.69 Å². The second kappa shape index (κ2) is 10.9. The second-order valence-electron chi connectivity index (χ2n) is 6.25. The van der Waals surface area contributed by atoms with Gasteiger partial charge in [-0.25, -0.2) is 10.2 Å². The number of ether oxygens (including phenoxy) is 1. The molecule has 7 heteroatoms. The van der Waals surface area contributed by atoms with Crippen LogP contribution in [0.15, 0.2) is 40.2 Å². The molecule has 0 bridgehead atoms. The van der Waals surface area contributed by atoms with E-state index >= 15 is 0 Å². The molecule has 27 heavy (non-hydrogen) atoms. The third-order valence-electron chi connectivity index (χ3n) is 3.91. The molecule has 2 N–H and O–H groups in total. The van der Waals surface area contributed by atoms with Crippen molar-refractivity contribution in [3.63, 3.8) is 0 Å². The Labute approximate surface area is 158 Å². The molecule has 0 atom stereocenters. The van der Waals surface area contributed by atoms with Gasteiger partial charge in [0.25, 0.3) is 5.91 Å². The van der Waals surface area contributed by atoms with Gasteiger partial charge in [0.05, 0.1) is 12.8 Å². The van der Waals surface area contributed by atoms with Gasteiger partial charge in [-0.3, -0.25) is 4.79 Å². The van der Waals surface area contributed by atoms with Crippen LogP contribution >= 0.6 is 0 Å². The first-order valence-corrected chi connectivity index (χ1v) is 9.23. The van der Waals surface area contributed by atoms with Gasteiger partial charge in [0.2, 0.25) is 0 Å². The molecule has 0 aliphatic carbocycles. The number of carbonyl (C=O) groups is 1. The van der Waals surface area contributed by atoms with Gasteiger partial charge in [0.15, 0.2) is 0 Å². The van der Waals surface area contributed by atoms with Gasteiger partial charge in [-0.05, 0) is 31.5 Å². The minimum atomic E-state index is -0.568. The van der Waals surface area contributed by atoms with E-state index in [2.05, 4.69) is 27.4 Å². The molecule has 144 valence electrons. The molecule has 1 heterocycles. The maximum Gasteiger partial charge on any atom is 0.345 e. The SMILES string of the molecule is CCCCCCCOc1ccccc1/C=N/NC(=O)c1cc(C)[nH]c(=O)n1. The minimum Gasteiger partial charge on any atom is -0.493 e. The number of amides is 1. The fourth-order valence-corrected chi connectivity index (χ4v) is 2.52. The number of nitrogens with one attached hydrogen (secondary N) is 2. The summed E-state index contributed by atoms with van der Waals surface area (Å²) in [6, 6.07) is 8.99. The number of H-pyrrole nitrogens is 1. The Hall–Kier alpha value is -2.96. The standard InChI is InChI=1S/C20H26N4O3/c1-3-4-5-6-9-12-27-18-11-8-7-10-16(18)14-21-24-19(25)17-13-15(2)22-20(26)23-17/h7-8,10-11,13-14H,3-6,9,12H2,1-2H3,(H,24,25)(H,22,23,26)/b21-14+. The maximum absolute atomic E-state index is 12.1. The van der Waals surface area contributed by atoms with Crippen molar-refractivity contribution in [3.8, 4) is 5.75 Å². The summed E-state index contributed by atoms with van der Waals surface area (Å²) in [4.78, 5) is 29.5. The fourth-order valence-electron chi connectivity index (χ4n) is 2.52. The number of aromatic amines is 1. The second-order valence-corrected chi connectivity index (χ2v) is 6.25. The highest BCUT2D eigenvalue weighted by Crippen LogP contribution is 2.16. The zero-order valence-corrected chi connectivity index (χ0v) is 15.8. The van der Waals surface area contributed by atoms with Crippen LogP contribution in [0.25, 0.3) is 0 Å². The third-order valence-corrected chi connectivity index (χ3v) is 3.91. The molecule has 7 nitrogen and oxygen atoms in total. The van der Waals surface area contributed by atoms with Crippen LogP contribution in [0.2, 0.25) is 0 Å². The van der Waals surface area contributed by atoms with E-state index in [9.17, 15) is 9.59 Å². The molecule has 0 radical (unpaired) electrons. The van der Waals surface area contributed by atoms with Crippen LogP contribution in [-0.2, 0) is 0 Å². The molecular weight excluding hydrogens is 344 g/mol. The molecule has 1 aromatic heterocycles. The molecule has 1 aromatic carbocycles. The Balaban J connectivity index is 1.90. The van der Waals surface area contributed by atoms with Crippen LogP contribution in [0.5, 0.6) is 5.75 Å². The van der Waals surface area contributed by atoms with Gasteiger partial charge >= 0.3 is 5.69 Å². The fraction of sp³-hybridized carbons (Fsp3) is 0.400. The lowest BCUT2D eigenvalue weighted by Crippen LogP contribution is -2.24. The summed E-state index contributed by atoms with van der Waals surface area (Å²) in [6.07, 6.45) is 7.39. The lowest BCUT2D eigenvalue weighted by Gasteiger charge is -2.08. The van der Waals surface area contributed by atoms with Crippen molar-refractivity contribution in [1.82, 2.24) is 15.4 Å². The van der Waals surface area contributed by atoms with Crippen molar-refractivity contribution in [2.75, 3.05) is 6.61 Å². The van der Waals surface area contributed by atoms with Gasteiger partial charge in [-0.1, -0.05) is 44.7 Å². The molecule has 2 aromatic rings. The lowest BCUT2D eigenvalue weighted by atomic mass is 10.2. The molecule has 2 rings (SSSR count). The number of carbonyl (C=O) groups excluding carboxylic acids is 1. The van der Waals surface area contributed by atoms with E-state index in [0.717, 1.165) is 24.2 Å². The molecule has 0 saturated heterocycles. The van der Waals surface area contributed by atoms with Crippen LogP contribution in [0.3, 0.4) is 0 Å². The summed E-state index contributed by atoms with van der Waals surface area (Å²) < 4.78 is 5.83. The van der Waals surface area contributed by atoms with Crippen LogP contribution in [0, 0.1) is 6.92 Å². The maximum atomic E-state index is 12.1. The number of unbranched alkanes of at least 4 members (excludes halogenated alkanes) is 4. The lowest BCUT2D eigenvalue weighted by molar-refractivity contribution is 0.0949. The molecular formula is C20H26N4O3. The molecule has 0 saturated carbocycles. The van der Waals surface area contributed by atoms with E-state index in [1.54, 1.807) is 6.92 Å². The van der Waals surface area contributed by atoms with Gasteiger partial charge in [-0.15, -0.1) is 0 Å². The molecule has 0 unspecified atom stereocenters. The van der Waals surface area contributed by atoms with Crippen LogP contribution < -0.4 is 15.9 Å². The first-order valence-electron chi connectivity index (χ1n) is 9.23. The molecule has 0 fully saturated rings. The van der Waals surface area contributed by atoms with Crippen LogP contribution in [-0.4, -0.2) is 28.7 Å². The average molecular weight is 370 g/mol. The largest absolute Gasteiger partial charge is 0.493 e. The Morgan fingerprint density at radius 1 is 1.26 bits per heavy atom. The summed E-state index contributed by atoms with van der Waals surface area (Å²) >= 11 is 0. The molecule has 0 aliphatic heterocycles. The summed E-state index contributed by atoms with van der Waals surface area (Å²) in [6.45, 7) is 4.52. The monoisotopic (exact) mass is 370 g/mol. The van der Waals surface area contributed by atoms with Gasteiger partial charge in [0, 0.05) is 11.3 Å². The third kappa shape index (κ3) is 7.05. The molecule has 1 amide bonds. The first kappa shape index (κ1) is 20.4. The summed E-state index contributed by atoms with van der Waals surface area (Å²) in [5, 5.41) is 3.95. The average Bonchev–Trinajstić information content (AvgIpc) is 2.64. The van der Waals surface area contributed by atoms with E-state index in [4.69, 9.17) is 4.74 Å². The van der Waals surface area contributed by atoms with Crippen LogP contribution in [0.4, 0.5) is 0 Å². The summed E-state index contributed by atoms with van der Waals surface area (Å²) in [5.41, 5.74) is 3.15. The van der Waals surface area contributed by atoms with Crippen LogP contribution in [0.1, 0.15) is 60.8 Å². The van der Waals surface area contributed by atoms with Crippen molar-refractivity contribution in [1.29, 1.82) is 0 Å². The predicted octanol–water partition coefficient (Wildman–Crippen LogP) is 3.19. The number of para-hydroxylation sites is 1. The Kier molecular flexibility index (Phi) is 8.22. The number of hydrogen-bond acceptors (Lipinski definition) is 5. The van der Waals surface area contributed by atoms with Crippen molar-refractivity contribution in [2.45, 2.75) is 46.0 Å². The molecule has 0 aliphatic rings. The number of hydrogen-bond donors (Lipinski definition) is 2. The highest BCUT2D eigenvalue weighted by atomic mass is 16.5. The minimum absolute atomic E-state index is 0.0185. The van der Waals surface area contributed by atoms with Crippen molar-refractivity contribution in [2.24, 2.45) is 5.10 Å². The normalized spacial score (nSPS) is 10.9.